The summed E-state index contributed by atoms with van der Waals surface area (Å²) >= 11 is 0. The zero-order chi connectivity index (χ0) is 9.00. The Kier molecular flexibility index (Phi) is 1.48. The van der Waals surface area contributed by atoms with Crippen molar-refractivity contribution in [3.8, 4) is 0 Å². The van der Waals surface area contributed by atoms with E-state index in [-0.39, 0.29) is 18.7 Å². The monoisotopic (exact) mass is 182 g/mol. The van der Waals surface area contributed by atoms with Gasteiger partial charge in [0.1, 0.15) is 6.10 Å². The van der Waals surface area contributed by atoms with Gasteiger partial charge in [0.05, 0.1) is 6.42 Å². The fraction of sp³-hybridized carbons (Fsp3) is 0.900. The van der Waals surface area contributed by atoms with E-state index in [1.807, 2.05) is 0 Å². The molecule has 1 N–H and O–H groups in total. The highest BCUT2D eigenvalue weighted by Gasteiger charge is 2.58. The predicted octanol–water partition coefficient (Wildman–Crippen LogP) is 0.566. The highest BCUT2D eigenvalue weighted by Crippen LogP contribution is 2.57. The number of hydrogen-bond donors (Lipinski definition) is 1. The molecule has 0 aromatic rings. The van der Waals surface area contributed by atoms with Crippen LogP contribution in [0.4, 0.5) is 0 Å². The Labute approximate surface area is 77.1 Å². The van der Waals surface area contributed by atoms with Gasteiger partial charge in [-0.2, -0.15) is 0 Å². The zero-order valence-electron chi connectivity index (χ0n) is 7.48. The summed E-state index contributed by atoms with van der Waals surface area (Å²) in [6.45, 7) is 0.235. The quantitative estimate of drug-likeness (QED) is 0.603. The molecule has 13 heavy (non-hydrogen) atoms. The second-order valence-corrected chi connectivity index (χ2v) is 4.57. The van der Waals surface area contributed by atoms with Crippen molar-refractivity contribution in [3.05, 3.63) is 0 Å². The number of fused-ring (bicyclic) bond motifs is 3. The molecule has 3 heteroatoms. The third-order valence-corrected chi connectivity index (χ3v) is 4.21. The lowest BCUT2D eigenvalue weighted by molar-refractivity contribution is -0.144. The topological polar surface area (TPSA) is 46.5 Å². The van der Waals surface area contributed by atoms with Crippen molar-refractivity contribution in [2.24, 2.45) is 23.7 Å². The van der Waals surface area contributed by atoms with Crippen LogP contribution >= 0.6 is 0 Å². The van der Waals surface area contributed by atoms with E-state index in [1.54, 1.807) is 0 Å². The zero-order valence-corrected chi connectivity index (χ0v) is 7.48. The van der Waals surface area contributed by atoms with Crippen molar-refractivity contribution < 1.29 is 14.6 Å². The van der Waals surface area contributed by atoms with Crippen LogP contribution in [-0.2, 0) is 9.53 Å². The minimum atomic E-state index is -0.0567. The lowest BCUT2D eigenvalue weighted by Gasteiger charge is -2.35. The lowest BCUT2D eigenvalue weighted by atomic mass is 9.72. The smallest absolute Gasteiger partial charge is 0.306 e. The van der Waals surface area contributed by atoms with Crippen molar-refractivity contribution in [2.45, 2.75) is 25.4 Å². The molecule has 0 aromatic carbocycles. The summed E-state index contributed by atoms with van der Waals surface area (Å²) in [5, 5.41) is 9.25. The molecular formula is C10H14O3. The number of carbonyl (C=O) groups is 1. The predicted molar refractivity (Wildman–Crippen MR) is 44.8 cm³/mol. The van der Waals surface area contributed by atoms with Gasteiger partial charge in [-0.05, 0) is 30.6 Å². The summed E-state index contributed by atoms with van der Waals surface area (Å²) in [7, 11) is 0. The summed E-state index contributed by atoms with van der Waals surface area (Å²) < 4.78 is 5.30. The maximum absolute atomic E-state index is 11.1. The molecule has 5 atom stereocenters. The standard InChI is InChI=1S/C10H14O3/c11-4-8-5-1-2-6(5)10-7(8)3-9(12)13-10/h5-8,10-11H,1-4H2. The van der Waals surface area contributed by atoms with Gasteiger partial charge in [0, 0.05) is 12.5 Å². The normalized spacial score (nSPS) is 52.4. The average Bonchev–Trinajstić information content (AvgIpc) is 2.46. The van der Waals surface area contributed by atoms with E-state index in [1.165, 1.54) is 12.8 Å². The summed E-state index contributed by atoms with van der Waals surface area (Å²) in [4.78, 5) is 11.1. The van der Waals surface area contributed by atoms with Crippen molar-refractivity contribution in [1.29, 1.82) is 0 Å². The molecule has 0 amide bonds. The molecule has 2 aliphatic carbocycles. The number of aliphatic hydroxyl groups is 1. The molecular weight excluding hydrogens is 168 g/mol. The van der Waals surface area contributed by atoms with Crippen LogP contribution in [0.15, 0.2) is 0 Å². The molecule has 3 nitrogen and oxygen atoms in total. The highest BCUT2D eigenvalue weighted by atomic mass is 16.6. The molecule has 3 aliphatic rings. The van der Waals surface area contributed by atoms with E-state index in [0.29, 0.717) is 30.1 Å². The largest absolute Gasteiger partial charge is 0.462 e. The summed E-state index contributed by atoms with van der Waals surface area (Å²) in [6, 6.07) is 0. The fourth-order valence-corrected chi connectivity index (χ4v) is 3.48. The van der Waals surface area contributed by atoms with Crippen LogP contribution in [0.1, 0.15) is 19.3 Å². The average molecular weight is 182 g/mol. The first-order valence-corrected chi connectivity index (χ1v) is 5.11. The highest BCUT2D eigenvalue weighted by molar-refractivity contribution is 5.72. The number of aliphatic hydroxyl groups excluding tert-OH is 1. The van der Waals surface area contributed by atoms with E-state index in [2.05, 4.69) is 0 Å². The maximum atomic E-state index is 11.1. The van der Waals surface area contributed by atoms with Gasteiger partial charge in [0.15, 0.2) is 0 Å². The molecule has 0 radical (unpaired) electrons. The number of hydrogen-bond acceptors (Lipinski definition) is 3. The lowest BCUT2D eigenvalue weighted by Crippen LogP contribution is -2.32. The van der Waals surface area contributed by atoms with Crippen LogP contribution in [0.3, 0.4) is 0 Å². The van der Waals surface area contributed by atoms with Crippen LogP contribution in [0.5, 0.6) is 0 Å². The third kappa shape index (κ3) is 0.857. The molecule has 1 saturated heterocycles. The fourth-order valence-electron chi connectivity index (χ4n) is 3.48. The van der Waals surface area contributed by atoms with E-state index in [9.17, 15) is 9.90 Å². The second-order valence-electron chi connectivity index (χ2n) is 4.57. The van der Waals surface area contributed by atoms with Gasteiger partial charge in [-0.1, -0.05) is 0 Å². The number of ether oxygens (including phenoxy) is 1. The molecule has 2 saturated carbocycles. The van der Waals surface area contributed by atoms with Gasteiger partial charge in [0.2, 0.25) is 0 Å². The number of esters is 1. The van der Waals surface area contributed by atoms with Gasteiger partial charge in [0.25, 0.3) is 0 Å². The molecule has 5 unspecified atom stereocenters. The van der Waals surface area contributed by atoms with Crippen molar-refractivity contribution in [1.82, 2.24) is 0 Å². The van der Waals surface area contributed by atoms with Crippen LogP contribution in [0.2, 0.25) is 0 Å². The Balaban J connectivity index is 1.87. The van der Waals surface area contributed by atoms with E-state index in [0.717, 1.165) is 0 Å². The Morgan fingerprint density at radius 1 is 1.31 bits per heavy atom. The van der Waals surface area contributed by atoms with Crippen molar-refractivity contribution in [2.75, 3.05) is 6.61 Å². The summed E-state index contributed by atoms with van der Waals surface area (Å²) in [6.07, 6.45) is 3.11. The van der Waals surface area contributed by atoms with E-state index in [4.69, 9.17) is 4.74 Å². The number of rotatable bonds is 1. The van der Waals surface area contributed by atoms with Gasteiger partial charge in [-0.15, -0.1) is 0 Å². The first-order chi connectivity index (χ1) is 6.31. The molecule has 1 heterocycles. The van der Waals surface area contributed by atoms with Crippen molar-refractivity contribution in [3.63, 3.8) is 0 Å². The molecule has 0 bridgehead atoms. The Hall–Kier alpha value is -0.570. The number of carbonyl (C=O) groups excluding carboxylic acids is 1. The Morgan fingerprint density at radius 3 is 2.69 bits per heavy atom. The Bertz CT molecular complexity index is 251. The van der Waals surface area contributed by atoms with E-state index >= 15 is 0 Å². The molecule has 0 spiro atoms. The van der Waals surface area contributed by atoms with Crippen LogP contribution in [0.25, 0.3) is 0 Å². The Morgan fingerprint density at radius 2 is 2.08 bits per heavy atom. The third-order valence-electron chi connectivity index (χ3n) is 4.21. The summed E-state index contributed by atoms with van der Waals surface area (Å²) in [5.74, 6) is 1.84. The minimum Gasteiger partial charge on any atom is -0.462 e. The first kappa shape index (κ1) is 7.80. The van der Waals surface area contributed by atoms with Crippen LogP contribution < -0.4 is 0 Å². The first-order valence-electron chi connectivity index (χ1n) is 5.11. The second kappa shape index (κ2) is 2.47. The molecule has 0 aromatic heterocycles. The maximum Gasteiger partial charge on any atom is 0.306 e. The molecule has 3 fully saturated rings. The van der Waals surface area contributed by atoms with Gasteiger partial charge >= 0.3 is 5.97 Å². The SMILES string of the molecule is O=C1CC2C(CO)C3CCC3C2O1. The van der Waals surface area contributed by atoms with Gasteiger partial charge in [-0.3, -0.25) is 4.79 Å². The van der Waals surface area contributed by atoms with Crippen LogP contribution in [0, 0.1) is 23.7 Å². The molecule has 3 rings (SSSR count). The van der Waals surface area contributed by atoms with E-state index < -0.39 is 0 Å². The molecule has 1 aliphatic heterocycles. The molecule has 72 valence electrons. The van der Waals surface area contributed by atoms with Gasteiger partial charge in [-0.25, -0.2) is 0 Å². The van der Waals surface area contributed by atoms with Crippen LogP contribution in [-0.4, -0.2) is 23.8 Å². The van der Waals surface area contributed by atoms with Gasteiger partial charge < -0.3 is 9.84 Å². The summed E-state index contributed by atoms with van der Waals surface area (Å²) in [5.41, 5.74) is 0. The van der Waals surface area contributed by atoms with Crippen molar-refractivity contribution >= 4 is 5.97 Å². The minimum absolute atomic E-state index is 0.0567.